The van der Waals surface area contributed by atoms with E-state index in [4.69, 9.17) is 27.9 Å². The molecule has 0 N–H and O–H groups in total. The average molecular weight is 466 g/mol. The number of nitrogens with zero attached hydrogens (tertiary/aromatic N) is 1. The van der Waals surface area contributed by atoms with Gasteiger partial charge in [0.15, 0.2) is 12.4 Å². The third-order valence-corrected chi connectivity index (χ3v) is 5.47. The van der Waals surface area contributed by atoms with Crippen LogP contribution in [0.5, 0.6) is 0 Å². The second-order valence-electron chi connectivity index (χ2n) is 7.48. The largest absolute Gasteiger partial charge is 0.456 e. The highest BCUT2D eigenvalue weighted by Gasteiger charge is 2.44. The van der Waals surface area contributed by atoms with Crippen LogP contribution >= 0.6 is 23.2 Å². The zero-order valence-electron chi connectivity index (χ0n) is 16.7. The molecule has 1 aliphatic rings. The molecule has 0 radical (unpaired) electrons. The molecule has 162 valence electrons. The summed E-state index contributed by atoms with van der Waals surface area (Å²) in [6.45, 7) is 3.02. The Kier molecular flexibility index (Phi) is 6.77. The molecule has 0 saturated carbocycles. The number of fused-ring (bicyclic) bond motifs is 1. The molecule has 3 rings (SSSR count). The summed E-state index contributed by atoms with van der Waals surface area (Å²) in [6, 6.07) is 6.12. The number of carbonyl (C=O) groups excluding carboxylic acids is 4. The lowest BCUT2D eigenvalue weighted by Crippen LogP contribution is -2.46. The number of hydrogen-bond acceptors (Lipinski definition) is 5. The molecule has 1 heterocycles. The fourth-order valence-electron chi connectivity index (χ4n) is 3.24. The van der Waals surface area contributed by atoms with Crippen LogP contribution in [0.1, 0.15) is 51.3 Å². The van der Waals surface area contributed by atoms with Crippen molar-refractivity contribution in [2.45, 2.75) is 26.3 Å². The molecule has 9 heteroatoms. The first-order valence-electron chi connectivity index (χ1n) is 9.42. The molecule has 2 aromatic rings. The van der Waals surface area contributed by atoms with Gasteiger partial charge >= 0.3 is 5.97 Å². The minimum Gasteiger partial charge on any atom is -0.456 e. The Morgan fingerprint density at radius 1 is 1.00 bits per heavy atom. The van der Waals surface area contributed by atoms with Gasteiger partial charge in [-0.1, -0.05) is 37.0 Å². The Morgan fingerprint density at radius 2 is 1.52 bits per heavy atom. The summed E-state index contributed by atoms with van der Waals surface area (Å²) in [5, 5.41) is 0.215. The standard InChI is InChI=1S/C22H18Cl2FNO5/c1-11(2)7-18(22(30)31-10-19(27)12-3-5-13(25)6-4-12)26-20(28)14-8-16(23)17(24)9-15(14)21(26)29/h3-6,8-9,11,18H,7,10H2,1-2H3/t18-/m1/s1. The van der Waals surface area contributed by atoms with E-state index < -0.39 is 42.0 Å². The van der Waals surface area contributed by atoms with Gasteiger partial charge in [0, 0.05) is 5.56 Å². The van der Waals surface area contributed by atoms with Gasteiger partial charge in [0.05, 0.1) is 21.2 Å². The molecule has 0 aliphatic carbocycles. The molecule has 31 heavy (non-hydrogen) atoms. The number of halogens is 3. The number of benzene rings is 2. The molecule has 2 amide bonds. The maximum absolute atomic E-state index is 13.0. The van der Waals surface area contributed by atoms with Gasteiger partial charge in [0.25, 0.3) is 11.8 Å². The third kappa shape index (κ3) is 4.78. The monoisotopic (exact) mass is 465 g/mol. The van der Waals surface area contributed by atoms with E-state index in [0.717, 1.165) is 17.0 Å². The van der Waals surface area contributed by atoms with Crippen LogP contribution in [0.25, 0.3) is 0 Å². The quantitative estimate of drug-likeness (QED) is 0.339. The van der Waals surface area contributed by atoms with Gasteiger partial charge in [0.1, 0.15) is 11.9 Å². The number of ether oxygens (including phenoxy) is 1. The van der Waals surface area contributed by atoms with E-state index in [1.807, 2.05) is 13.8 Å². The van der Waals surface area contributed by atoms with Crippen molar-refractivity contribution in [3.05, 3.63) is 69.0 Å². The molecule has 0 spiro atoms. The van der Waals surface area contributed by atoms with Crippen molar-refractivity contribution in [2.75, 3.05) is 6.61 Å². The number of imide groups is 1. The van der Waals surface area contributed by atoms with Crippen LogP contribution < -0.4 is 0 Å². The molecule has 0 saturated heterocycles. The zero-order valence-corrected chi connectivity index (χ0v) is 18.2. The van der Waals surface area contributed by atoms with Gasteiger partial charge < -0.3 is 4.74 Å². The van der Waals surface area contributed by atoms with Crippen molar-refractivity contribution in [3.8, 4) is 0 Å². The summed E-state index contributed by atoms with van der Waals surface area (Å²) in [5.41, 5.74) is 0.256. The fourth-order valence-corrected chi connectivity index (χ4v) is 3.57. The van der Waals surface area contributed by atoms with Gasteiger partial charge in [-0.2, -0.15) is 0 Å². The Hall–Kier alpha value is -2.77. The Bertz CT molecular complexity index is 1030. The molecule has 0 fully saturated rings. The third-order valence-electron chi connectivity index (χ3n) is 4.75. The Labute approximate surface area is 187 Å². The molecule has 0 aromatic heterocycles. The number of hydrogen-bond donors (Lipinski definition) is 0. The van der Waals surface area contributed by atoms with Gasteiger partial charge in [-0.3, -0.25) is 19.3 Å². The van der Waals surface area contributed by atoms with Crippen LogP contribution in [0.3, 0.4) is 0 Å². The van der Waals surface area contributed by atoms with Crippen molar-refractivity contribution < 1.29 is 28.3 Å². The van der Waals surface area contributed by atoms with Crippen LogP contribution in [0.2, 0.25) is 10.0 Å². The van der Waals surface area contributed by atoms with Gasteiger partial charge in [-0.15, -0.1) is 0 Å². The van der Waals surface area contributed by atoms with Gasteiger partial charge in [-0.05, 0) is 48.7 Å². The molecular formula is C22H18Cl2FNO5. The summed E-state index contributed by atoms with van der Waals surface area (Å²) in [4.78, 5) is 51.6. The lowest BCUT2D eigenvalue weighted by Gasteiger charge is -2.25. The highest BCUT2D eigenvalue weighted by molar-refractivity contribution is 6.43. The van der Waals surface area contributed by atoms with Crippen molar-refractivity contribution in [1.29, 1.82) is 0 Å². The summed E-state index contributed by atoms with van der Waals surface area (Å²) >= 11 is 11.9. The predicted octanol–water partition coefficient (Wildman–Crippen LogP) is 4.57. The molecule has 1 atom stereocenters. The number of Topliss-reactive ketones (excluding diaryl/α,β-unsaturated/α-hetero) is 1. The van der Waals surface area contributed by atoms with E-state index in [1.165, 1.54) is 24.3 Å². The number of ketones is 1. The normalized spacial score (nSPS) is 14.1. The van der Waals surface area contributed by atoms with E-state index in [1.54, 1.807) is 0 Å². The second kappa shape index (κ2) is 9.16. The van der Waals surface area contributed by atoms with Crippen LogP contribution in [0.15, 0.2) is 36.4 Å². The van der Waals surface area contributed by atoms with E-state index in [9.17, 15) is 23.6 Å². The fraction of sp³-hybridized carbons (Fsp3) is 0.273. The van der Waals surface area contributed by atoms with Crippen molar-refractivity contribution in [3.63, 3.8) is 0 Å². The summed E-state index contributed by atoms with van der Waals surface area (Å²) in [6.07, 6.45) is 0.135. The van der Waals surface area contributed by atoms with Crippen LogP contribution in [0.4, 0.5) is 4.39 Å². The molecule has 2 aromatic carbocycles. The lowest BCUT2D eigenvalue weighted by atomic mass is 10.0. The smallest absolute Gasteiger partial charge is 0.329 e. The Balaban J connectivity index is 1.80. The van der Waals surface area contributed by atoms with Crippen molar-refractivity contribution in [2.24, 2.45) is 5.92 Å². The maximum atomic E-state index is 13.0. The summed E-state index contributed by atoms with van der Waals surface area (Å²) in [5.74, 6) is -3.39. The molecule has 6 nitrogen and oxygen atoms in total. The van der Waals surface area contributed by atoms with E-state index >= 15 is 0 Å². The Morgan fingerprint density at radius 3 is 2.00 bits per heavy atom. The highest BCUT2D eigenvalue weighted by Crippen LogP contribution is 2.33. The van der Waals surface area contributed by atoms with Crippen LogP contribution in [0, 0.1) is 11.7 Å². The second-order valence-corrected chi connectivity index (χ2v) is 8.29. The van der Waals surface area contributed by atoms with Gasteiger partial charge in [-0.25, -0.2) is 9.18 Å². The van der Waals surface area contributed by atoms with E-state index in [0.29, 0.717) is 0 Å². The molecule has 0 bridgehead atoms. The number of carbonyl (C=O) groups is 4. The predicted molar refractivity (Wildman–Crippen MR) is 112 cm³/mol. The summed E-state index contributed by atoms with van der Waals surface area (Å²) < 4.78 is 18.1. The first-order valence-corrected chi connectivity index (χ1v) is 10.2. The minimum atomic E-state index is -1.23. The van der Waals surface area contributed by atoms with Gasteiger partial charge in [0.2, 0.25) is 0 Å². The lowest BCUT2D eigenvalue weighted by molar-refractivity contribution is -0.147. The highest BCUT2D eigenvalue weighted by atomic mass is 35.5. The number of amides is 2. The number of esters is 1. The summed E-state index contributed by atoms with van der Waals surface area (Å²) in [7, 11) is 0. The first-order chi connectivity index (χ1) is 14.6. The van der Waals surface area contributed by atoms with Crippen molar-refractivity contribution in [1.82, 2.24) is 4.90 Å². The minimum absolute atomic E-state index is 0.0448. The van der Waals surface area contributed by atoms with E-state index in [2.05, 4.69) is 0 Å². The molecule has 1 aliphatic heterocycles. The van der Waals surface area contributed by atoms with Crippen molar-refractivity contribution >= 4 is 46.8 Å². The SMILES string of the molecule is CC(C)C[C@H](C(=O)OCC(=O)c1ccc(F)cc1)N1C(=O)c2cc(Cl)c(Cl)cc2C1=O. The molecular weight excluding hydrogens is 448 g/mol. The maximum Gasteiger partial charge on any atom is 0.329 e. The zero-order chi connectivity index (χ0) is 22.9. The van der Waals surface area contributed by atoms with Crippen LogP contribution in [-0.2, 0) is 9.53 Å². The van der Waals surface area contributed by atoms with Crippen LogP contribution in [-0.4, -0.2) is 41.1 Å². The average Bonchev–Trinajstić information content (AvgIpc) is 2.94. The van der Waals surface area contributed by atoms with E-state index in [-0.39, 0.29) is 39.1 Å². The first kappa shape index (κ1) is 22.9. The molecule has 0 unspecified atom stereocenters. The topological polar surface area (TPSA) is 80.8 Å². The number of rotatable bonds is 7.